The molecular formula is C14H12N2O2S. The molecule has 0 fully saturated rings. The summed E-state index contributed by atoms with van der Waals surface area (Å²) in [5, 5.41) is 13.3. The number of benzene rings is 1. The smallest absolute Gasteiger partial charge is 0.265 e. The second-order valence-corrected chi connectivity index (χ2v) is 4.73. The number of thiophene rings is 1. The molecule has 0 bridgehead atoms. The van der Waals surface area contributed by atoms with Gasteiger partial charge in [0.15, 0.2) is 0 Å². The lowest BCUT2D eigenvalue weighted by Gasteiger charge is -2.05. The van der Waals surface area contributed by atoms with Crippen molar-refractivity contribution >= 4 is 17.2 Å². The fourth-order valence-electron chi connectivity index (χ4n) is 1.58. The van der Waals surface area contributed by atoms with E-state index in [-0.39, 0.29) is 5.91 Å². The first kappa shape index (κ1) is 13.1. The molecule has 0 saturated carbocycles. The highest BCUT2D eigenvalue weighted by molar-refractivity contribution is 7.12. The molecule has 1 aromatic heterocycles. The Morgan fingerprint density at radius 1 is 1.37 bits per heavy atom. The van der Waals surface area contributed by atoms with Crippen molar-refractivity contribution < 1.29 is 9.53 Å². The summed E-state index contributed by atoms with van der Waals surface area (Å²) in [6.45, 7) is 0.422. The Bertz CT molecular complexity index is 611. The first-order valence-electron chi connectivity index (χ1n) is 5.63. The first-order valence-corrected chi connectivity index (χ1v) is 6.51. The SMILES string of the molecule is COc1ccsc1C(=O)NCc1ccc(C#N)cc1. The average molecular weight is 272 g/mol. The summed E-state index contributed by atoms with van der Waals surface area (Å²) >= 11 is 1.34. The van der Waals surface area contributed by atoms with Gasteiger partial charge in [-0.25, -0.2) is 0 Å². The largest absolute Gasteiger partial charge is 0.495 e. The van der Waals surface area contributed by atoms with Crippen LogP contribution in [0.5, 0.6) is 5.75 Å². The van der Waals surface area contributed by atoms with E-state index >= 15 is 0 Å². The van der Waals surface area contributed by atoms with Crippen molar-refractivity contribution in [1.29, 1.82) is 5.26 Å². The first-order chi connectivity index (χ1) is 9.24. The minimum atomic E-state index is -0.156. The van der Waals surface area contributed by atoms with Gasteiger partial charge in [-0.1, -0.05) is 12.1 Å². The molecule has 0 saturated heterocycles. The van der Waals surface area contributed by atoms with Crippen LogP contribution < -0.4 is 10.1 Å². The molecule has 19 heavy (non-hydrogen) atoms. The third-order valence-electron chi connectivity index (χ3n) is 2.59. The van der Waals surface area contributed by atoms with E-state index in [2.05, 4.69) is 11.4 Å². The Hall–Kier alpha value is -2.32. The zero-order valence-corrected chi connectivity index (χ0v) is 11.2. The molecule has 0 radical (unpaired) electrons. The highest BCUT2D eigenvalue weighted by Crippen LogP contribution is 2.24. The molecule has 1 heterocycles. The van der Waals surface area contributed by atoms with Crippen LogP contribution in [0.25, 0.3) is 0 Å². The fourth-order valence-corrected chi connectivity index (χ4v) is 2.36. The standard InChI is InChI=1S/C14H12N2O2S/c1-18-12-6-7-19-13(12)14(17)16-9-11-4-2-10(8-15)3-5-11/h2-7H,9H2,1H3,(H,16,17). The normalized spacial score (nSPS) is 9.68. The van der Waals surface area contributed by atoms with Gasteiger partial charge in [-0.05, 0) is 29.1 Å². The lowest BCUT2D eigenvalue weighted by atomic mass is 10.1. The third kappa shape index (κ3) is 3.12. The highest BCUT2D eigenvalue weighted by atomic mass is 32.1. The van der Waals surface area contributed by atoms with Crippen molar-refractivity contribution in [1.82, 2.24) is 5.32 Å². The summed E-state index contributed by atoms with van der Waals surface area (Å²) in [7, 11) is 1.54. The van der Waals surface area contributed by atoms with Crippen LogP contribution in [0.4, 0.5) is 0 Å². The fraction of sp³-hybridized carbons (Fsp3) is 0.143. The zero-order valence-electron chi connectivity index (χ0n) is 10.3. The summed E-state index contributed by atoms with van der Waals surface area (Å²) in [5.41, 5.74) is 1.55. The van der Waals surface area contributed by atoms with Crippen molar-refractivity contribution in [3.63, 3.8) is 0 Å². The van der Waals surface area contributed by atoms with Gasteiger partial charge in [0.2, 0.25) is 0 Å². The van der Waals surface area contributed by atoms with Gasteiger partial charge in [-0.15, -0.1) is 11.3 Å². The van der Waals surface area contributed by atoms with Crippen LogP contribution in [0.15, 0.2) is 35.7 Å². The number of nitrogens with zero attached hydrogens (tertiary/aromatic N) is 1. The Morgan fingerprint density at radius 3 is 2.74 bits per heavy atom. The van der Waals surface area contributed by atoms with Crippen molar-refractivity contribution in [2.45, 2.75) is 6.54 Å². The number of carbonyl (C=O) groups is 1. The number of hydrogen-bond acceptors (Lipinski definition) is 4. The average Bonchev–Trinajstić information content (AvgIpc) is 2.93. The Kier molecular flexibility index (Phi) is 4.16. The monoisotopic (exact) mass is 272 g/mol. The van der Waals surface area contributed by atoms with E-state index < -0.39 is 0 Å². The second kappa shape index (κ2) is 6.03. The van der Waals surface area contributed by atoms with Crippen LogP contribution >= 0.6 is 11.3 Å². The molecule has 0 spiro atoms. The zero-order chi connectivity index (χ0) is 13.7. The van der Waals surface area contributed by atoms with E-state index in [1.54, 1.807) is 25.3 Å². The van der Waals surface area contributed by atoms with Gasteiger partial charge in [0.25, 0.3) is 5.91 Å². The van der Waals surface area contributed by atoms with Crippen molar-refractivity contribution in [2.24, 2.45) is 0 Å². The van der Waals surface area contributed by atoms with Gasteiger partial charge >= 0.3 is 0 Å². The number of rotatable bonds is 4. The van der Waals surface area contributed by atoms with Crippen LogP contribution in [-0.4, -0.2) is 13.0 Å². The Morgan fingerprint density at radius 2 is 2.11 bits per heavy atom. The molecule has 1 amide bonds. The van der Waals surface area contributed by atoms with Crippen LogP contribution in [-0.2, 0) is 6.54 Å². The van der Waals surface area contributed by atoms with Crippen LogP contribution in [0.2, 0.25) is 0 Å². The number of nitrogens with one attached hydrogen (secondary N) is 1. The van der Waals surface area contributed by atoms with E-state index in [9.17, 15) is 4.79 Å². The molecule has 0 aliphatic rings. The van der Waals surface area contributed by atoms with Gasteiger partial charge in [0, 0.05) is 6.54 Å². The van der Waals surface area contributed by atoms with E-state index in [0.717, 1.165) is 5.56 Å². The van der Waals surface area contributed by atoms with Crippen LogP contribution in [0.1, 0.15) is 20.8 Å². The number of amides is 1. The maximum Gasteiger partial charge on any atom is 0.265 e. The molecule has 0 atom stereocenters. The molecule has 0 aliphatic carbocycles. The second-order valence-electron chi connectivity index (χ2n) is 3.81. The molecule has 0 unspecified atom stereocenters. The molecular weight excluding hydrogens is 260 g/mol. The predicted molar refractivity (Wildman–Crippen MR) is 73.2 cm³/mol. The number of carbonyl (C=O) groups excluding carboxylic acids is 1. The predicted octanol–water partition coefficient (Wildman–Crippen LogP) is 2.56. The molecule has 5 heteroatoms. The van der Waals surface area contributed by atoms with E-state index in [1.165, 1.54) is 11.3 Å². The van der Waals surface area contributed by atoms with Gasteiger partial charge in [0.05, 0.1) is 18.7 Å². The van der Waals surface area contributed by atoms with Gasteiger partial charge in [0.1, 0.15) is 10.6 Å². The van der Waals surface area contributed by atoms with E-state index in [1.807, 2.05) is 17.5 Å². The summed E-state index contributed by atoms with van der Waals surface area (Å²) < 4.78 is 5.10. The van der Waals surface area contributed by atoms with E-state index in [4.69, 9.17) is 10.00 Å². The maximum atomic E-state index is 11.9. The minimum absolute atomic E-state index is 0.156. The van der Waals surface area contributed by atoms with Gasteiger partial charge in [-0.2, -0.15) is 5.26 Å². The third-order valence-corrected chi connectivity index (χ3v) is 3.49. The summed E-state index contributed by atoms with van der Waals surface area (Å²) in [6.07, 6.45) is 0. The van der Waals surface area contributed by atoms with Crippen molar-refractivity contribution in [3.8, 4) is 11.8 Å². The molecule has 4 nitrogen and oxygen atoms in total. The maximum absolute atomic E-state index is 11.9. The molecule has 96 valence electrons. The van der Waals surface area contributed by atoms with E-state index in [0.29, 0.717) is 22.7 Å². The molecule has 2 aromatic rings. The summed E-state index contributed by atoms with van der Waals surface area (Å²) in [5.74, 6) is 0.429. The van der Waals surface area contributed by atoms with Crippen molar-refractivity contribution in [2.75, 3.05) is 7.11 Å². The lowest BCUT2D eigenvalue weighted by molar-refractivity contribution is 0.0952. The lowest BCUT2D eigenvalue weighted by Crippen LogP contribution is -2.22. The van der Waals surface area contributed by atoms with Gasteiger partial charge < -0.3 is 10.1 Å². The summed E-state index contributed by atoms with van der Waals surface area (Å²) in [4.78, 5) is 12.5. The molecule has 1 aromatic carbocycles. The Labute approximate surface area is 115 Å². The van der Waals surface area contributed by atoms with Crippen LogP contribution in [0, 0.1) is 11.3 Å². The molecule has 2 rings (SSSR count). The van der Waals surface area contributed by atoms with Gasteiger partial charge in [-0.3, -0.25) is 4.79 Å². The Balaban J connectivity index is 1.98. The van der Waals surface area contributed by atoms with Crippen LogP contribution in [0.3, 0.4) is 0 Å². The summed E-state index contributed by atoms with van der Waals surface area (Å²) in [6, 6.07) is 10.9. The number of hydrogen-bond donors (Lipinski definition) is 1. The topological polar surface area (TPSA) is 62.1 Å². The number of methoxy groups -OCH3 is 1. The minimum Gasteiger partial charge on any atom is -0.495 e. The quantitative estimate of drug-likeness (QED) is 0.930. The van der Waals surface area contributed by atoms with Crippen molar-refractivity contribution in [3.05, 3.63) is 51.7 Å². The number of ether oxygens (including phenoxy) is 1. The molecule has 1 N–H and O–H groups in total. The molecule has 0 aliphatic heterocycles. The number of nitriles is 1. The highest BCUT2D eigenvalue weighted by Gasteiger charge is 2.13.